The minimum atomic E-state index is -3.64. The van der Waals surface area contributed by atoms with Crippen LogP contribution in [0.4, 0.5) is 10.9 Å². The number of nitrogens with zero attached hydrogens (tertiary/aromatic N) is 2. The SMILES string of the molecule is CNc1ccc(S(=O)(=O)Nc2ncc(Br)s2)cn1. The van der Waals surface area contributed by atoms with Gasteiger partial charge in [0.25, 0.3) is 10.0 Å². The molecule has 0 aliphatic carbocycles. The fourth-order valence-electron chi connectivity index (χ4n) is 1.16. The van der Waals surface area contributed by atoms with Crippen LogP contribution in [-0.4, -0.2) is 25.4 Å². The van der Waals surface area contributed by atoms with Crippen molar-refractivity contribution in [3.05, 3.63) is 28.3 Å². The number of thiazole rings is 1. The normalized spacial score (nSPS) is 11.2. The lowest BCUT2D eigenvalue weighted by Crippen LogP contribution is -2.13. The molecule has 2 heterocycles. The Balaban J connectivity index is 2.24. The van der Waals surface area contributed by atoms with Gasteiger partial charge in [-0.25, -0.2) is 18.4 Å². The maximum Gasteiger partial charge on any atom is 0.265 e. The summed E-state index contributed by atoms with van der Waals surface area (Å²) >= 11 is 4.41. The number of nitrogens with one attached hydrogen (secondary N) is 2. The molecule has 18 heavy (non-hydrogen) atoms. The third-order valence-corrected chi connectivity index (χ3v) is 4.85. The standard InChI is InChI=1S/C9H9BrN4O2S2/c1-11-8-3-2-6(4-12-8)18(15,16)14-9-13-5-7(10)17-9/h2-5H,1H3,(H,11,12)(H,13,14). The molecule has 2 aromatic heterocycles. The van der Waals surface area contributed by atoms with Gasteiger partial charge in [-0.15, -0.1) is 0 Å². The molecule has 0 aromatic carbocycles. The molecule has 0 fully saturated rings. The Bertz CT molecular complexity index is 639. The zero-order chi connectivity index (χ0) is 13.2. The monoisotopic (exact) mass is 348 g/mol. The zero-order valence-corrected chi connectivity index (χ0v) is 12.4. The number of rotatable bonds is 4. The van der Waals surface area contributed by atoms with E-state index in [0.717, 1.165) is 3.79 Å². The molecule has 2 rings (SSSR count). The number of pyridine rings is 1. The van der Waals surface area contributed by atoms with Crippen molar-refractivity contribution in [3.63, 3.8) is 0 Å². The summed E-state index contributed by atoms with van der Waals surface area (Å²) in [6.07, 6.45) is 2.82. The summed E-state index contributed by atoms with van der Waals surface area (Å²) in [6.45, 7) is 0. The summed E-state index contributed by atoms with van der Waals surface area (Å²) in [5.74, 6) is 0.603. The van der Waals surface area contributed by atoms with Gasteiger partial charge in [-0.05, 0) is 28.1 Å². The van der Waals surface area contributed by atoms with Crippen molar-refractivity contribution >= 4 is 48.2 Å². The highest BCUT2D eigenvalue weighted by molar-refractivity contribution is 9.11. The number of halogens is 1. The molecule has 0 saturated heterocycles. The van der Waals surface area contributed by atoms with E-state index >= 15 is 0 Å². The first-order valence-electron chi connectivity index (χ1n) is 4.79. The van der Waals surface area contributed by atoms with E-state index in [1.165, 1.54) is 29.8 Å². The second-order valence-electron chi connectivity index (χ2n) is 3.20. The highest BCUT2D eigenvalue weighted by Gasteiger charge is 2.16. The summed E-state index contributed by atoms with van der Waals surface area (Å²) < 4.78 is 27.1. The van der Waals surface area contributed by atoms with Crippen LogP contribution in [0.2, 0.25) is 0 Å². The summed E-state index contributed by atoms with van der Waals surface area (Å²) in [5, 5.41) is 3.12. The molecular weight excluding hydrogens is 340 g/mol. The van der Waals surface area contributed by atoms with Gasteiger partial charge >= 0.3 is 0 Å². The molecular formula is C9H9BrN4O2S2. The van der Waals surface area contributed by atoms with Crippen molar-refractivity contribution in [2.45, 2.75) is 4.90 Å². The average molecular weight is 349 g/mol. The molecule has 0 radical (unpaired) electrons. The number of anilines is 2. The van der Waals surface area contributed by atoms with E-state index in [4.69, 9.17) is 0 Å². The van der Waals surface area contributed by atoms with Gasteiger partial charge in [0.15, 0.2) is 5.13 Å². The van der Waals surface area contributed by atoms with Crippen molar-refractivity contribution in [3.8, 4) is 0 Å². The first-order valence-corrected chi connectivity index (χ1v) is 7.88. The Morgan fingerprint density at radius 3 is 2.56 bits per heavy atom. The topological polar surface area (TPSA) is 84.0 Å². The lowest BCUT2D eigenvalue weighted by Gasteiger charge is -2.05. The van der Waals surface area contributed by atoms with Gasteiger partial charge in [0, 0.05) is 13.2 Å². The predicted octanol–water partition coefficient (Wildman–Crippen LogP) is 2.14. The molecule has 0 unspecified atom stereocenters. The van der Waals surface area contributed by atoms with E-state index in [1.54, 1.807) is 13.1 Å². The van der Waals surface area contributed by atoms with Crippen LogP contribution in [0.15, 0.2) is 33.2 Å². The van der Waals surface area contributed by atoms with Crippen LogP contribution in [-0.2, 0) is 10.0 Å². The third kappa shape index (κ3) is 2.98. The van der Waals surface area contributed by atoms with Crippen LogP contribution >= 0.6 is 27.3 Å². The molecule has 0 bridgehead atoms. The molecule has 0 aliphatic rings. The van der Waals surface area contributed by atoms with E-state index in [0.29, 0.717) is 10.9 Å². The quantitative estimate of drug-likeness (QED) is 0.884. The fraction of sp³-hybridized carbons (Fsp3) is 0.111. The largest absolute Gasteiger partial charge is 0.373 e. The van der Waals surface area contributed by atoms with E-state index < -0.39 is 10.0 Å². The van der Waals surface area contributed by atoms with Gasteiger partial charge < -0.3 is 5.32 Å². The van der Waals surface area contributed by atoms with E-state index in [2.05, 4.69) is 35.9 Å². The molecule has 0 amide bonds. The molecule has 0 aliphatic heterocycles. The van der Waals surface area contributed by atoms with Crippen molar-refractivity contribution in [1.29, 1.82) is 0 Å². The molecule has 0 spiro atoms. The van der Waals surface area contributed by atoms with Gasteiger partial charge in [-0.2, -0.15) is 0 Å². The molecule has 2 aromatic rings. The molecule has 96 valence electrons. The highest BCUT2D eigenvalue weighted by atomic mass is 79.9. The number of hydrogen-bond donors (Lipinski definition) is 2. The summed E-state index contributed by atoms with van der Waals surface area (Å²) in [5.41, 5.74) is 0. The Hall–Kier alpha value is -1.19. The zero-order valence-electron chi connectivity index (χ0n) is 9.21. The maximum absolute atomic E-state index is 12.0. The minimum Gasteiger partial charge on any atom is -0.373 e. The highest BCUT2D eigenvalue weighted by Crippen LogP contribution is 2.25. The van der Waals surface area contributed by atoms with Crippen molar-refractivity contribution in [2.24, 2.45) is 0 Å². The van der Waals surface area contributed by atoms with Crippen LogP contribution < -0.4 is 10.0 Å². The second-order valence-corrected chi connectivity index (χ2v) is 7.30. The first kappa shape index (κ1) is 13.2. The van der Waals surface area contributed by atoms with Crippen molar-refractivity contribution in [1.82, 2.24) is 9.97 Å². The summed E-state index contributed by atoms with van der Waals surface area (Å²) in [6, 6.07) is 3.07. The van der Waals surface area contributed by atoms with Crippen LogP contribution in [0.1, 0.15) is 0 Å². The Kier molecular flexibility index (Phi) is 3.83. The Labute approximate surface area is 117 Å². The lowest BCUT2D eigenvalue weighted by molar-refractivity contribution is 0.601. The summed E-state index contributed by atoms with van der Waals surface area (Å²) in [7, 11) is -1.93. The van der Waals surface area contributed by atoms with Crippen molar-refractivity contribution in [2.75, 3.05) is 17.1 Å². The minimum absolute atomic E-state index is 0.0906. The maximum atomic E-state index is 12.0. The first-order chi connectivity index (χ1) is 8.51. The van der Waals surface area contributed by atoms with Crippen LogP contribution in [0.5, 0.6) is 0 Å². The fourth-order valence-corrected chi connectivity index (χ4v) is 3.46. The Morgan fingerprint density at radius 2 is 2.06 bits per heavy atom. The summed E-state index contributed by atoms with van der Waals surface area (Å²) in [4.78, 5) is 7.95. The third-order valence-electron chi connectivity index (χ3n) is 2.00. The molecule has 2 N–H and O–H groups in total. The van der Waals surface area contributed by atoms with Crippen molar-refractivity contribution < 1.29 is 8.42 Å². The van der Waals surface area contributed by atoms with Gasteiger partial charge in [0.2, 0.25) is 0 Å². The number of aromatic nitrogens is 2. The number of sulfonamides is 1. The van der Waals surface area contributed by atoms with E-state index in [9.17, 15) is 8.42 Å². The lowest BCUT2D eigenvalue weighted by atomic mass is 10.5. The Morgan fingerprint density at radius 1 is 1.28 bits per heavy atom. The molecule has 9 heteroatoms. The average Bonchev–Trinajstić information content (AvgIpc) is 2.74. The molecule has 0 atom stereocenters. The molecule has 6 nitrogen and oxygen atoms in total. The van der Waals surface area contributed by atoms with Crippen LogP contribution in [0.3, 0.4) is 0 Å². The molecule has 0 saturated carbocycles. The van der Waals surface area contributed by atoms with Gasteiger partial charge in [-0.1, -0.05) is 11.3 Å². The van der Waals surface area contributed by atoms with E-state index in [1.807, 2.05) is 0 Å². The second kappa shape index (κ2) is 5.21. The van der Waals surface area contributed by atoms with Gasteiger partial charge in [-0.3, -0.25) is 4.72 Å². The van der Waals surface area contributed by atoms with Crippen LogP contribution in [0.25, 0.3) is 0 Å². The van der Waals surface area contributed by atoms with Crippen LogP contribution in [0, 0.1) is 0 Å². The van der Waals surface area contributed by atoms with E-state index in [-0.39, 0.29) is 4.90 Å². The van der Waals surface area contributed by atoms with Gasteiger partial charge in [0.1, 0.15) is 10.7 Å². The van der Waals surface area contributed by atoms with Gasteiger partial charge in [0.05, 0.1) is 9.98 Å². The smallest absolute Gasteiger partial charge is 0.265 e. The predicted molar refractivity (Wildman–Crippen MR) is 74.4 cm³/mol. The number of hydrogen-bond acceptors (Lipinski definition) is 6.